The van der Waals surface area contributed by atoms with Gasteiger partial charge in [0.2, 0.25) is 0 Å². The number of carbonyl (C=O) groups excluding carboxylic acids is 1. The van der Waals surface area contributed by atoms with Crippen LogP contribution in [0.5, 0.6) is 5.75 Å². The number of hydrogen-bond donors (Lipinski definition) is 0. The SMILES string of the molecule is CC(=O)Oc1cccc2oc(=O)cc(C)c12. The van der Waals surface area contributed by atoms with E-state index in [2.05, 4.69) is 0 Å². The molecule has 0 aliphatic rings. The van der Waals surface area contributed by atoms with E-state index in [1.165, 1.54) is 13.0 Å². The number of esters is 1. The van der Waals surface area contributed by atoms with Crippen LogP contribution in [-0.4, -0.2) is 5.97 Å². The Morgan fingerprint density at radius 2 is 2.12 bits per heavy atom. The Hall–Kier alpha value is -2.10. The standard InChI is InChI=1S/C12H10O4/c1-7-6-11(14)16-10-5-3-4-9(12(7)10)15-8(2)13/h3-6H,1-2H3. The second kappa shape index (κ2) is 3.81. The summed E-state index contributed by atoms with van der Waals surface area (Å²) < 4.78 is 10.1. The molecule has 0 spiro atoms. The van der Waals surface area contributed by atoms with Crippen molar-refractivity contribution in [1.29, 1.82) is 0 Å². The normalized spacial score (nSPS) is 10.4. The maximum Gasteiger partial charge on any atom is 0.336 e. The van der Waals surface area contributed by atoms with Crippen LogP contribution in [0.25, 0.3) is 11.0 Å². The van der Waals surface area contributed by atoms with Gasteiger partial charge in [-0.05, 0) is 24.6 Å². The first-order chi connectivity index (χ1) is 7.58. The van der Waals surface area contributed by atoms with Crippen molar-refractivity contribution >= 4 is 16.9 Å². The molecule has 1 heterocycles. The highest BCUT2D eigenvalue weighted by molar-refractivity contribution is 5.88. The first kappa shape index (κ1) is 10.4. The van der Waals surface area contributed by atoms with E-state index in [4.69, 9.17) is 9.15 Å². The molecule has 0 fully saturated rings. The maximum atomic E-state index is 11.2. The second-order valence-electron chi connectivity index (χ2n) is 3.47. The van der Waals surface area contributed by atoms with E-state index in [1.807, 2.05) is 0 Å². The summed E-state index contributed by atoms with van der Waals surface area (Å²) in [7, 11) is 0. The van der Waals surface area contributed by atoms with Crippen LogP contribution < -0.4 is 10.4 Å². The van der Waals surface area contributed by atoms with E-state index >= 15 is 0 Å². The fraction of sp³-hybridized carbons (Fsp3) is 0.167. The van der Waals surface area contributed by atoms with Gasteiger partial charge in [-0.3, -0.25) is 4.79 Å². The lowest BCUT2D eigenvalue weighted by molar-refractivity contribution is -0.131. The molecular weight excluding hydrogens is 208 g/mol. The second-order valence-corrected chi connectivity index (χ2v) is 3.47. The summed E-state index contributed by atoms with van der Waals surface area (Å²) in [5.41, 5.74) is 0.733. The van der Waals surface area contributed by atoms with Crippen LogP contribution in [0.3, 0.4) is 0 Å². The Balaban J connectivity index is 2.76. The zero-order chi connectivity index (χ0) is 11.7. The molecule has 0 radical (unpaired) electrons. The number of carbonyl (C=O) groups is 1. The van der Waals surface area contributed by atoms with Crippen LogP contribution in [-0.2, 0) is 4.79 Å². The summed E-state index contributed by atoms with van der Waals surface area (Å²) in [6.07, 6.45) is 0. The number of aryl methyl sites for hydroxylation is 1. The average molecular weight is 218 g/mol. The number of ether oxygens (including phenoxy) is 1. The first-order valence-corrected chi connectivity index (χ1v) is 4.80. The molecule has 0 unspecified atom stereocenters. The van der Waals surface area contributed by atoms with E-state index in [0.717, 1.165) is 5.56 Å². The molecule has 4 nitrogen and oxygen atoms in total. The highest BCUT2D eigenvalue weighted by Gasteiger charge is 2.09. The molecule has 0 bridgehead atoms. The predicted octanol–water partition coefficient (Wildman–Crippen LogP) is 2.03. The fourth-order valence-corrected chi connectivity index (χ4v) is 1.61. The Kier molecular flexibility index (Phi) is 2.48. The van der Waals surface area contributed by atoms with Crippen molar-refractivity contribution < 1.29 is 13.9 Å². The van der Waals surface area contributed by atoms with Gasteiger partial charge < -0.3 is 9.15 Å². The third-order valence-corrected chi connectivity index (χ3v) is 2.18. The summed E-state index contributed by atoms with van der Waals surface area (Å²) in [6, 6.07) is 6.37. The van der Waals surface area contributed by atoms with Gasteiger partial charge in [-0.15, -0.1) is 0 Å². The Morgan fingerprint density at radius 1 is 1.38 bits per heavy atom. The zero-order valence-electron chi connectivity index (χ0n) is 8.94. The summed E-state index contributed by atoms with van der Waals surface area (Å²) in [6.45, 7) is 3.10. The van der Waals surface area contributed by atoms with Crippen molar-refractivity contribution in [3.63, 3.8) is 0 Å². The van der Waals surface area contributed by atoms with Crippen molar-refractivity contribution in [2.75, 3.05) is 0 Å². The van der Waals surface area contributed by atoms with Crippen molar-refractivity contribution in [1.82, 2.24) is 0 Å². The molecule has 0 amide bonds. The monoisotopic (exact) mass is 218 g/mol. The molecule has 0 atom stereocenters. The van der Waals surface area contributed by atoms with Crippen molar-refractivity contribution in [2.24, 2.45) is 0 Å². The van der Waals surface area contributed by atoms with Crippen LogP contribution in [0.2, 0.25) is 0 Å². The number of hydrogen-bond acceptors (Lipinski definition) is 4. The van der Waals surface area contributed by atoms with Gasteiger partial charge in [-0.1, -0.05) is 6.07 Å². The predicted molar refractivity (Wildman–Crippen MR) is 58.5 cm³/mol. The Labute approximate surface area is 91.4 Å². The van der Waals surface area contributed by atoms with Crippen LogP contribution in [0.1, 0.15) is 12.5 Å². The molecule has 2 aromatic rings. The zero-order valence-corrected chi connectivity index (χ0v) is 8.94. The molecule has 1 aromatic carbocycles. The highest BCUT2D eigenvalue weighted by atomic mass is 16.5. The number of benzene rings is 1. The summed E-state index contributed by atoms with van der Waals surface area (Å²) in [5, 5.41) is 0.650. The Bertz CT molecular complexity index is 610. The molecule has 1 aromatic heterocycles. The van der Waals surface area contributed by atoms with Crippen LogP contribution in [0, 0.1) is 6.92 Å². The molecule has 0 aliphatic heterocycles. The highest BCUT2D eigenvalue weighted by Crippen LogP contribution is 2.27. The van der Waals surface area contributed by atoms with E-state index in [0.29, 0.717) is 16.7 Å². The molecule has 2 rings (SSSR count). The summed E-state index contributed by atoms with van der Waals surface area (Å²) in [4.78, 5) is 22.1. The lowest BCUT2D eigenvalue weighted by atomic mass is 10.1. The quantitative estimate of drug-likeness (QED) is 0.417. The minimum atomic E-state index is -0.412. The minimum Gasteiger partial charge on any atom is -0.426 e. The van der Waals surface area contributed by atoms with E-state index in [1.54, 1.807) is 25.1 Å². The van der Waals surface area contributed by atoms with Gasteiger partial charge in [0.05, 0.1) is 5.39 Å². The molecule has 0 aliphatic carbocycles. The van der Waals surface area contributed by atoms with E-state index < -0.39 is 11.6 Å². The lowest BCUT2D eigenvalue weighted by Crippen LogP contribution is -2.04. The molecule has 16 heavy (non-hydrogen) atoms. The maximum absolute atomic E-state index is 11.2. The van der Waals surface area contributed by atoms with Crippen LogP contribution in [0.15, 0.2) is 33.5 Å². The van der Waals surface area contributed by atoms with Gasteiger partial charge in [0.15, 0.2) is 0 Å². The van der Waals surface area contributed by atoms with Gasteiger partial charge in [0.1, 0.15) is 11.3 Å². The molecule has 4 heteroatoms. The third kappa shape index (κ3) is 1.82. The van der Waals surface area contributed by atoms with E-state index in [-0.39, 0.29) is 0 Å². The van der Waals surface area contributed by atoms with Crippen LogP contribution in [0.4, 0.5) is 0 Å². The largest absolute Gasteiger partial charge is 0.426 e. The van der Waals surface area contributed by atoms with Gasteiger partial charge in [-0.2, -0.15) is 0 Å². The van der Waals surface area contributed by atoms with Gasteiger partial charge >= 0.3 is 11.6 Å². The molecule has 82 valence electrons. The molecule has 0 N–H and O–H groups in total. The fourth-order valence-electron chi connectivity index (χ4n) is 1.61. The van der Waals surface area contributed by atoms with Gasteiger partial charge in [-0.25, -0.2) is 4.79 Å². The Morgan fingerprint density at radius 3 is 2.81 bits per heavy atom. The van der Waals surface area contributed by atoms with Crippen molar-refractivity contribution in [2.45, 2.75) is 13.8 Å². The van der Waals surface area contributed by atoms with Gasteiger partial charge in [0, 0.05) is 13.0 Å². The van der Waals surface area contributed by atoms with E-state index in [9.17, 15) is 9.59 Å². The molecule has 0 saturated heterocycles. The van der Waals surface area contributed by atoms with Crippen LogP contribution >= 0.6 is 0 Å². The smallest absolute Gasteiger partial charge is 0.336 e. The number of fused-ring (bicyclic) bond motifs is 1. The van der Waals surface area contributed by atoms with Crippen molar-refractivity contribution in [3.05, 3.63) is 40.2 Å². The van der Waals surface area contributed by atoms with Crippen molar-refractivity contribution in [3.8, 4) is 5.75 Å². The number of rotatable bonds is 1. The molecule has 0 saturated carbocycles. The third-order valence-electron chi connectivity index (χ3n) is 2.18. The molecular formula is C12H10O4. The lowest BCUT2D eigenvalue weighted by Gasteiger charge is -2.06. The first-order valence-electron chi connectivity index (χ1n) is 4.80. The summed E-state index contributed by atoms with van der Waals surface area (Å²) in [5.74, 6) is 0.00403. The van der Waals surface area contributed by atoms with Gasteiger partial charge in [0.25, 0.3) is 0 Å². The summed E-state index contributed by atoms with van der Waals surface area (Å²) >= 11 is 0. The average Bonchev–Trinajstić information content (AvgIpc) is 2.15. The topological polar surface area (TPSA) is 56.5 Å². The minimum absolute atomic E-state index is 0.405.